The topological polar surface area (TPSA) is 81.2 Å². The quantitative estimate of drug-likeness (QED) is 0.735. The van der Waals surface area contributed by atoms with Crippen LogP contribution in [0.1, 0.15) is 16.8 Å². The highest BCUT2D eigenvalue weighted by molar-refractivity contribution is 7.92. The smallest absolute Gasteiger partial charge is 0.261 e. The van der Waals surface area contributed by atoms with Crippen LogP contribution >= 0.6 is 0 Å². The monoisotopic (exact) mass is 369 g/mol. The van der Waals surface area contributed by atoms with E-state index in [1.165, 1.54) is 0 Å². The number of aryl methyl sites for hydroxylation is 3. The van der Waals surface area contributed by atoms with Gasteiger partial charge in [-0.3, -0.25) is 4.72 Å². The van der Waals surface area contributed by atoms with Crippen molar-refractivity contribution < 1.29 is 13.2 Å². The molecule has 0 fully saturated rings. The van der Waals surface area contributed by atoms with Gasteiger partial charge in [0, 0.05) is 11.8 Å². The zero-order valence-corrected chi connectivity index (χ0v) is 15.5. The molecular weight excluding hydrogens is 350 g/mol. The van der Waals surface area contributed by atoms with E-state index < -0.39 is 10.0 Å². The Bertz CT molecular complexity index is 1010. The molecule has 1 N–H and O–H groups in total. The second-order valence-electron chi connectivity index (χ2n) is 5.99. The van der Waals surface area contributed by atoms with Crippen LogP contribution < -0.4 is 9.46 Å². The maximum atomic E-state index is 12.5. The fourth-order valence-electron chi connectivity index (χ4n) is 2.25. The number of nitrogens with one attached hydrogen (secondary N) is 1. The van der Waals surface area contributed by atoms with E-state index >= 15 is 0 Å². The lowest BCUT2D eigenvalue weighted by molar-refractivity contribution is 0.454. The summed E-state index contributed by atoms with van der Waals surface area (Å²) in [5.41, 5.74) is 3.22. The van der Waals surface area contributed by atoms with Crippen molar-refractivity contribution in [2.75, 3.05) is 4.72 Å². The molecule has 0 spiro atoms. The average Bonchev–Trinajstić information content (AvgIpc) is 2.61. The fourth-order valence-corrected chi connectivity index (χ4v) is 3.39. The van der Waals surface area contributed by atoms with Gasteiger partial charge in [-0.15, -0.1) is 5.10 Å². The van der Waals surface area contributed by atoms with Crippen LogP contribution in [0.2, 0.25) is 0 Å². The molecule has 0 amide bonds. The minimum Gasteiger partial charge on any atom is -0.438 e. The Kier molecular flexibility index (Phi) is 4.90. The first-order valence-corrected chi connectivity index (χ1v) is 9.50. The summed E-state index contributed by atoms with van der Waals surface area (Å²) in [6.07, 6.45) is 0. The molecule has 0 saturated carbocycles. The highest BCUT2D eigenvalue weighted by Crippen LogP contribution is 2.23. The van der Waals surface area contributed by atoms with Crippen molar-refractivity contribution in [3.8, 4) is 11.6 Å². The molecule has 6 nitrogen and oxygen atoms in total. The molecule has 2 aromatic carbocycles. The molecular formula is C19H19N3O3S. The van der Waals surface area contributed by atoms with Gasteiger partial charge in [0.05, 0.1) is 10.6 Å². The number of sulfonamides is 1. The Balaban J connectivity index is 1.73. The van der Waals surface area contributed by atoms with E-state index in [0.717, 1.165) is 16.8 Å². The van der Waals surface area contributed by atoms with Crippen LogP contribution in [0.15, 0.2) is 59.5 Å². The second kappa shape index (κ2) is 7.13. The van der Waals surface area contributed by atoms with Gasteiger partial charge in [-0.1, -0.05) is 6.07 Å². The minimum atomic E-state index is -3.64. The Morgan fingerprint density at radius 1 is 0.846 bits per heavy atom. The molecule has 0 radical (unpaired) electrons. The third-order valence-corrected chi connectivity index (χ3v) is 5.27. The van der Waals surface area contributed by atoms with Crippen molar-refractivity contribution >= 4 is 15.7 Å². The summed E-state index contributed by atoms with van der Waals surface area (Å²) in [7, 11) is -3.64. The van der Waals surface area contributed by atoms with Gasteiger partial charge in [0.2, 0.25) is 5.88 Å². The van der Waals surface area contributed by atoms with Crippen LogP contribution in [-0.4, -0.2) is 18.6 Å². The summed E-state index contributed by atoms with van der Waals surface area (Å²) < 4.78 is 33.2. The normalized spacial score (nSPS) is 11.2. The van der Waals surface area contributed by atoms with Crippen molar-refractivity contribution in [2.24, 2.45) is 0 Å². The van der Waals surface area contributed by atoms with E-state index in [-0.39, 0.29) is 4.90 Å². The Hall–Kier alpha value is -2.93. The predicted molar refractivity (Wildman–Crippen MR) is 100 cm³/mol. The number of anilines is 1. The lowest BCUT2D eigenvalue weighted by Crippen LogP contribution is -2.13. The van der Waals surface area contributed by atoms with E-state index in [9.17, 15) is 8.42 Å². The Morgan fingerprint density at radius 3 is 2.19 bits per heavy atom. The van der Waals surface area contributed by atoms with Crippen molar-refractivity contribution in [1.29, 1.82) is 0 Å². The van der Waals surface area contributed by atoms with Crippen molar-refractivity contribution in [3.05, 3.63) is 71.4 Å². The van der Waals surface area contributed by atoms with E-state index in [1.807, 2.05) is 20.8 Å². The van der Waals surface area contributed by atoms with E-state index in [2.05, 4.69) is 14.9 Å². The molecule has 3 rings (SSSR count). The second-order valence-corrected chi connectivity index (χ2v) is 7.67. The third-order valence-electron chi connectivity index (χ3n) is 3.89. The Labute approximate surface area is 152 Å². The van der Waals surface area contributed by atoms with Gasteiger partial charge in [0.1, 0.15) is 5.75 Å². The minimum absolute atomic E-state index is 0.232. The van der Waals surface area contributed by atoms with E-state index in [0.29, 0.717) is 17.3 Å². The number of ether oxygens (including phenoxy) is 1. The molecule has 0 saturated heterocycles. The Morgan fingerprint density at radius 2 is 1.58 bits per heavy atom. The van der Waals surface area contributed by atoms with E-state index in [1.54, 1.807) is 54.6 Å². The number of rotatable bonds is 5. The van der Waals surface area contributed by atoms with Gasteiger partial charge in [-0.2, -0.15) is 5.10 Å². The molecule has 0 aliphatic heterocycles. The van der Waals surface area contributed by atoms with Gasteiger partial charge in [-0.05, 0) is 74.4 Å². The van der Waals surface area contributed by atoms with Crippen LogP contribution in [-0.2, 0) is 10.0 Å². The van der Waals surface area contributed by atoms with Gasteiger partial charge in [0.15, 0.2) is 0 Å². The maximum Gasteiger partial charge on any atom is 0.261 e. The zero-order chi connectivity index (χ0) is 18.7. The summed E-state index contributed by atoms with van der Waals surface area (Å²) in [5.74, 6) is 0.913. The maximum absolute atomic E-state index is 12.5. The lowest BCUT2D eigenvalue weighted by Gasteiger charge is -2.10. The molecule has 0 unspecified atom stereocenters. The summed E-state index contributed by atoms with van der Waals surface area (Å²) >= 11 is 0. The highest BCUT2D eigenvalue weighted by Gasteiger charge is 2.15. The van der Waals surface area contributed by atoms with Gasteiger partial charge in [-0.25, -0.2) is 8.42 Å². The first-order valence-electron chi connectivity index (χ1n) is 8.02. The van der Waals surface area contributed by atoms with Gasteiger partial charge in [0.25, 0.3) is 10.0 Å². The van der Waals surface area contributed by atoms with Crippen LogP contribution in [0.25, 0.3) is 0 Å². The van der Waals surface area contributed by atoms with Crippen molar-refractivity contribution in [3.63, 3.8) is 0 Å². The average molecular weight is 369 g/mol. The zero-order valence-electron chi connectivity index (χ0n) is 14.7. The van der Waals surface area contributed by atoms with E-state index in [4.69, 9.17) is 4.74 Å². The number of benzene rings is 2. The summed E-state index contributed by atoms with van der Waals surface area (Å²) in [5, 5.41) is 7.85. The highest BCUT2D eigenvalue weighted by atomic mass is 32.2. The van der Waals surface area contributed by atoms with Crippen LogP contribution in [0.4, 0.5) is 5.69 Å². The molecule has 0 aliphatic carbocycles. The molecule has 3 aromatic rings. The molecule has 134 valence electrons. The first kappa shape index (κ1) is 17.9. The summed E-state index contributed by atoms with van der Waals surface area (Å²) in [6.45, 7) is 5.66. The number of nitrogens with zero attached hydrogens (tertiary/aromatic N) is 2. The summed E-state index contributed by atoms with van der Waals surface area (Å²) in [4.78, 5) is 0.232. The van der Waals surface area contributed by atoms with Crippen LogP contribution in [0, 0.1) is 20.8 Å². The molecule has 0 atom stereocenters. The predicted octanol–water partition coefficient (Wildman–Crippen LogP) is 3.99. The largest absolute Gasteiger partial charge is 0.438 e. The van der Waals surface area contributed by atoms with Crippen molar-refractivity contribution in [2.45, 2.75) is 25.7 Å². The van der Waals surface area contributed by atoms with Crippen molar-refractivity contribution in [1.82, 2.24) is 10.2 Å². The standard InChI is InChI=1S/C19H19N3O3S/c1-13-4-10-18(12-14(13)2)26(23,24)22-16-6-8-17(9-7-16)25-19-11-5-15(3)20-21-19/h4-12,22H,1-3H3. The molecule has 0 aliphatic rings. The van der Waals surface area contributed by atoms with Gasteiger partial charge < -0.3 is 4.74 Å². The van der Waals surface area contributed by atoms with Crippen LogP contribution in [0.3, 0.4) is 0 Å². The van der Waals surface area contributed by atoms with Gasteiger partial charge >= 0.3 is 0 Å². The lowest BCUT2D eigenvalue weighted by atomic mass is 10.1. The molecule has 1 heterocycles. The fraction of sp³-hybridized carbons (Fsp3) is 0.158. The number of aromatic nitrogens is 2. The molecule has 1 aromatic heterocycles. The third kappa shape index (κ3) is 4.18. The first-order chi connectivity index (χ1) is 12.3. The summed E-state index contributed by atoms with van der Waals surface area (Å²) in [6, 6.07) is 15.2. The molecule has 7 heteroatoms. The number of hydrogen-bond acceptors (Lipinski definition) is 5. The van der Waals surface area contributed by atoms with Crippen LogP contribution in [0.5, 0.6) is 11.6 Å². The molecule has 26 heavy (non-hydrogen) atoms. The molecule has 0 bridgehead atoms. The number of hydrogen-bond donors (Lipinski definition) is 1. The SMILES string of the molecule is Cc1ccc(Oc2ccc(NS(=O)(=O)c3ccc(C)c(C)c3)cc2)nn1.